The van der Waals surface area contributed by atoms with Crippen LogP contribution in [0.25, 0.3) is 16.6 Å². The summed E-state index contributed by atoms with van der Waals surface area (Å²) in [6.45, 7) is 0.197. The molecular formula is C24H20F3N5O2. The highest BCUT2D eigenvalue weighted by Crippen LogP contribution is 2.52. The van der Waals surface area contributed by atoms with Crippen LogP contribution in [0.4, 0.5) is 19.0 Å². The molecule has 1 fully saturated rings. The lowest BCUT2D eigenvalue weighted by Gasteiger charge is -2.24. The fourth-order valence-corrected chi connectivity index (χ4v) is 4.83. The topological polar surface area (TPSA) is 85.8 Å². The molecule has 1 aliphatic carbocycles. The number of ether oxygens (including phenoxy) is 1. The fourth-order valence-electron chi connectivity index (χ4n) is 4.83. The largest absolute Gasteiger partial charge is 0.491 e. The van der Waals surface area contributed by atoms with Gasteiger partial charge in [0.05, 0.1) is 35.2 Å². The summed E-state index contributed by atoms with van der Waals surface area (Å²) in [5.74, 6) is -1.22. The number of hydrogen-bond donors (Lipinski definition) is 1. The number of nitrogen functional groups attached to an aromatic ring is 1. The summed E-state index contributed by atoms with van der Waals surface area (Å²) in [7, 11) is 1.59. The number of likely N-dealkylation sites (N-methyl/N-ethyl adjacent to an activating group) is 1. The molecule has 2 N–H and O–H groups in total. The molecule has 0 saturated heterocycles. The number of fused-ring (bicyclic) bond motifs is 4. The zero-order chi connectivity index (χ0) is 23.7. The van der Waals surface area contributed by atoms with Crippen molar-refractivity contribution < 1.29 is 22.7 Å². The van der Waals surface area contributed by atoms with Crippen molar-refractivity contribution in [3.63, 3.8) is 0 Å². The lowest BCUT2D eigenvalue weighted by molar-refractivity contribution is 0.0704. The first-order valence-corrected chi connectivity index (χ1v) is 10.9. The number of imidazole rings is 1. The van der Waals surface area contributed by atoms with Crippen molar-refractivity contribution in [2.24, 2.45) is 5.92 Å². The van der Waals surface area contributed by atoms with E-state index in [4.69, 9.17) is 10.5 Å². The van der Waals surface area contributed by atoms with Crippen molar-refractivity contribution in [1.82, 2.24) is 19.3 Å². The second-order valence-electron chi connectivity index (χ2n) is 8.85. The molecule has 1 amide bonds. The van der Waals surface area contributed by atoms with Crippen molar-refractivity contribution in [3.05, 3.63) is 65.4 Å². The van der Waals surface area contributed by atoms with Crippen LogP contribution < -0.4 is 10.5 Å². The van der Waals surface area contributed by atoms with E-state index in [1.807, 2.05) is 12.1 Å². The van der Waals surface area contributed by atoms with Gasteiger partial charge in [-0.1, -0.05) is 12.1 Å². The maximum atomic E-state index is 15.0. The number of alkyl halides is 2. The third kappa shape index (κ3) is 3.08. The lowest BCUT2D eigenvalue weighted by atomic mass is 10.0. The molecule has 4 aromatic rings. The van der Waals surface area contributed by atoms with Crippen LogP contribution in [-0.2, 0) is 0 Å². The number of carbonyl (C=O) groups is 1. The van der Waals surface area contributed by atoms with Crippen molar-refractivity contribution in [3.8, 4) is 5.75 Å². The minimum absolute atomic E-state index is 0.112. The third-order valence-corrected chi connectivity index (χ3v) is 6.87. The standard InChI is InChI=1S/C24H20F3N5O2/c1-31(20-9-34-21-4-11(2-3-12(20)21)13-5-14(13)22(26)27)24(33)15-6-18-17(7-16(15)25)30-23(28)19-8-29-10-32(18)19/h2-4,6-8,10,13-14,20,22H,5,9H2,1H3,(H2,28,30)/t13-,14+,20-/m1/s1. The number of nitrogens with two attached hydrogens (primary N) is 1. The van der Waals surface area contributed by atoms with Gasteiger partial charge >= 0.3 is 0 Å². The van der Waals surface area contributed by atoms with E-state index in [1.54, 1.807) is 23.7 Å². The molecule has 2 aliphatic rings. The second-order valence-corrected chi connectivity index (χ2v) is 8.85. The molecule has 2 aromatic carbocycles. The molecule has 10 heteroatoms. The van der Waals surface area contributed by atoms with E-state index < -0.39 is 30.1 Å². The SMILES string of the molecule is CN(C(=O)c1cc2c(cc1F)nc(N)c1cncn12)[C@@H]1COc2cc([C@H]3C[C@@H]3C(F)F)ccc21. The Kier molecular flexibility index (Phi) is 4.48. The van der Waals surface area contributed by atoms with Gasteiger partial charge in [-0.15, -0.1) is 0 Å². The zero-order valence-corrected chi connectivity index (χ0v) is 18.1. The molecule has 6 rings (SSSR count). The molecule has 174 valence electrons. The smallest absolute Gasteiger partial charge is 0.257 e. The molecule has 0 spiro atoms. The van der Waals surface area contributed by atoms with Gasteiger partial charge in [-0.3, -0.25) is 9.20 Å². The first-order valence-electron chi connectivity index (χ1n) is 10.9. The Labute approximate surface area is 192 Å². The number of carbonyl (C=O) groups excluding carboxylic acids is 1. The average molecular weight is 467 g/mol. The summed E-state index contributed by atoms with van der Waals surface area (Å²) < 4.78 is 48.3. The van der Waals surface area contributed by atoms with E-state index in [1.165, 1.54) is 23.4 Å². The van der Waals surface area contributed by atoms with Gasteiger partial charge in [-0.05, 0) is 30.0 Å². The molecule has 0 bridgehead atoms. The van der Waals surface area contributed by atoms with Crippen molar-refractivity contribution in [2.75, 3.05) is 19.4 Å². The minimum Gasteiger partial charge on any atom is -0.491 e. The van der Waals surface area contributed by atoms with Gasteiger partial charge in [0.2, 0.25) is 6.43 Å². The number of rotatable bonds is 4. The second kappa shape index (κ2) is 7.34. The van der Waals surface area contributed by atoms with Crippen LogP contribution in [0.5, 0.6) is 5.75 Å². The number of hydrogen-bond acceptors (Lipinski definition) is 5. The first-order chi connectivity index (χ1) is 16.3. The molecule has 34 heavy (non-hydrogen) atoms. The maximum Gasteiger partial charge on any atom is 0.257 e. The summed E-state index contributed by atoms with van der Waals surface area (Å²) >= 11 is 0. The Bertz CT molecular complexity index is 1470. The van der Waals surface area contributed by atoms with Gasteiger partial charge < -0.3 is 15.4 Å². The molecular weight excluding hydrogens is 447 g/mol. The summed E-state index contributed by atoms with van der Waals surface area (Å²) in [4.78, 5) is 23.0. The van der Waals surface area contributed by atoms with Crippen LogP contribution in [0.15, 0.2) is 42.9 Å². The highest BCUT2D eigenvalue weighted by Gasteiger charge is 2.45. The molecule has 7 nitrogen and oxygen atoms in total. The number of amides is 1. The zero-order valence-electron chi connectivity index (χ0n) is 18.1. The van der Waals surface area contributed by atoms with Crippen molar-refractivity contribution >= 4 is 28.3 Å². The van der Waals surface area contributed by atoms with Crippen molar-refractivity contribution in [2.45, 2.75) is 24.8 Å². The van der Waals surface area contributed by atoms with Gasteiger partial charge in [0.15, 0.2) is 0 Å². The Morgan fingerprint density at radius 2 is 2.09 bits per heavy atom. The lowest BCUT2D eigenvalue weighted by Crippen LogP contribution is -2.32. The first kappa shape index (κ1) is 20.8. The van der Waals surface area contributed by atoms with Gasteiger partial charge in [0, 0.05) is 24.6 Å². The molecule has 2 aromatic heterocycles. The van der Waals surface area contributed by atoms with Crippen molar-refractivity contribution in [1.29, 1.82) is 0 Å². The summed E-state index contributed by atoms with van der Waals surface area (Å²) in [5.41, 5.74) is 8.77. The number of benzene rings is 2. The van der Waals surface area contributed by atoms with E-state index in [9.17, 15) is 18.0 Å². The van der Waals surface area contributed by atoms with E-state index >= 15 is 0 Å². The predicted molar refractivity (Wildman–Crippen MR) is 118 cm³/mol. The summed E-state index contributed by atoms with van der Waals surface area (Å²) in [6.07, 6.45) is 1.21. The quantitative estimate of drug-likeness (QED) is 0.487. The Morgan fingerprint density at radius 3 is 2.85 bits per heavy atom. The van der Waals surface area contributed by atoms with Gasteiger partial charge in [0.1, 0.15) is 29.5 Å². The van der Waals surface area contributed by atoms with Gasteiger partial charge in [-0.2, -0.15) is 0 Å². The van der Waals surface area contributed by atoms with E-state index in [-0.39, 0.29) is 23.9 Å². The van der Waals surface area contributed by atoms with E-state index in [2.05, 4.69) is 9.97 Å². The number of anilines is 1. The van der Waals surface area contributed by atoms with Crippen LogP contribution in [-0.4, -0.2) is 45.3 Å². The normalized spacial score (nSPS) is 21.1. The predicted octanol–water partition coefficient (Wildman–Crippen LogP) is 4.18. The van der Waals surface area contributed by atoms with Gasteiger partial charge in [0.25, 0.3) is 5.91 Å². The molecule has 0 radical (unpaired) electrons. The Hall–Kier alpha value is -3.82. The molecule has 3 heterocycles. The molecule has 0 unspecified atom stereocenters. The van der Waals surface area contributed by atoms with Gasteiger partial charge in [-0.25, -0.2) is 23.1 Å². The third-order valence-electron chi connectivity index (χ3n) is 6.87. The average Bonchev–Trinajstić information content (AvgIpc) is 3.27. The van der Waals surface area contributed by atoms with Crippen LogP contribution in [0.2, 0.25) is 0 Å². The number of nitrogens with zero attached hydrogens (tertiary/aromatic N) is 4. The fraction of sp³-hybridized carbons (Fsp3) is 0.292. The Balaban J connectivity index is 1.31. The number of aromatic nitrogens is 3. The van der Waals surface area contributed by atoms with Crippen LogP contribution >= 0.6 is 0 Å². The summed E-state index contributed by atoms with van der Waals surface area (Å²) in [6, 6.07) is 7.60. The monoisotopic (exact) mass is 467 g/mol. The Morgan fingerprint density at radius 1 is 1.26 bits per heavy atom. The number of halogens is 3. The molecule has 1 aliphatic heterocycles. The van der Waals surface area contributed by atoms with Crippen LogP contribution in [0, 0.1) is 11.7 Å². The molecule has 3 atom stereocenters. The maximum absolute atomic E-state index is 15.0. The van der Waals surface area contributed by atoms with Crippen LogP contribution in [0.1, 0.15) is 39.9 Å². The summed E-state index contributed by atoms with van der Waals surface area (Å²) in [5, 5.41) is 0. The van der Waals surface area contributed by atoms with E-state index in [0.29, 0.717) is 28.7 Å². The molecule has 1 saturated carbocycles. The highest BCUT2D eigenvalue weighted by atomic mass is 19.3. The highest BCUT2D eigenvalue weighted by molar-refractivity contribution is 5.98. The van der Waals surface area contributed by atoms with Crippen LogP contribution in [0.3, 0.4) is 0 Å². The minimum atomic E-state index is -2.33. The van der Waals surface area contributed by atoms with E-state index in [0.717, 1.165) is 11.1 Å².